The predicted octanol–water partition coefficient (Wildman–Crippen LogP) is 1.91. The molecule has 2 atom stereocenters. The molecule has 0 aliphatic heterocycles. The zero-order chi connectivity index (χ0) is 20.5. The first kappa shape index (κ1) is 21.1. The molecular weight excluding hydrogens is 391 g/mol. The number of sulfonamides is 1. The Balaban J connectivity index is 2.80. The molecule has 1 aliphatic rings. The Morgan fingerprint density at radius 1 is 1.41 bits per heavy atom. The molecule has 148 valence electrons. The normalized spacial score (nSPS) is 25.8. The van der Waals surface area contributed by atoms with Gasteiger partial charge in [0.25, 0.3) is 0 Å². The van der Waals surface area contributed by atoms with E-state index in [2.05, 4.69) is 9.70 Å². The number of aryl methyl sites for hydroxylation is 1. The zero-order valence-electron chi connectivity index (χ0n) is 14.1. The van der Waals surface area contributed by atoms with Crippen molar-refractivity contribution in [2.45, 2.75) is 43.0 Å². The number of benzene rings is 1. The van der Waals surface area contributed by atoms with Gasteiger partial charge in [-0.2, -0.15) is 13.2 Å². The first-order valence-electron chi connectivity index (χ1n) is 7.83. The van der Waals surface area contributed by atoms with E-state index in [4.69, 9.17) is 4.74 Å². The van der Waals surface area contributed by atoms with Gasteiger partial charge in [-0.15, -0.1) is 0 Å². The summed E-state index contributed by atoms with van der Waals surface area (Å²) >= 11 is 0. The monoisotopic (exact) mass is 406 g/mol. The number of esters is 1. The number of fused-ring (bicyclic) bond motifs is 1. The van der Waals surface area contributed by atoms with Crippen molar-refractivity contribution in [1.82, 2.24) is 0 Å². The fourth-order valence-electron chi connectivity index (χ4n) is 2.99. The van der Waals surface area contributed by atoms with E-state index >= 15 is 0 Å². The van der Waals surface area contributed by atoms with E-state index in [9.17, 15) is 36.9 Å². The minimum atomic E-state index is -6.31. The molecule has 1 aromatic carbocycles. The molecule has 2 unspecified atom stereocenters. The number of carbonyl (C=O) groups is 1. The third kappa shape index (κ3) is 3.38. The van der Waals surface area contributed by atoms with Gasteiger partial charge in [-0.3, -0.25) is 0 Å². The van der Waals surface area contributed by atoms with Gasteiger partial charge in [-0.1, -0.05) is 35.6 Å². The lowest BCUT2D eigenvalue weighted by Crippen LogP contribution is -2.63. The molecule has 0 saturated heterocycles. The van der Waals surface area contributed by atoms with Crippen molar-refractivity contribution < 1.29 is 36.2 Å². The topological polar surface area (TPSA) is 126 Å². The number of diazo groups is 1. The number of hydrogen-bond acceptors (Lipinski definition) is 6. The highest BCUT2D eigenvalue weighted by atomic mass is 32.2. The molecule has 0 spiro atoms. The Labute approximate surface area is 153 Å². The van der Waals surface area contributed by atoms with Gasteiger partial charge in [-0.25, -0.2) is 13.2 Å². The van der Waals surface area contributed by atoms with Gasteiger partial charge < -0.3 is 14.6 Å². The second-order valence-electron chi connectivity index (χ2n) is 5.85. The molecule has 0 radical (unpaired) electrons. The molecule has 1 aromatic rings. The third-order valence-corrected chi connectivity index (χ3v) is 5.34. The lowest BCUT2D eigenvalue weighted by Gasteiger charge is -2.54. The molecule has 12 heteroatoms. The summed E-state index contributed by atoms with van der Waals surface area (Å²) in [6.07, 6.45) is -0.374. The summed E-state index contributed by atoms with van der Waals surface area (Å²) in [6.45, 7) is 1.09. The molecule has 2 rings (SSSR count). The van der Waals surface area contributed by atoms with Crippen LogP contribution in [-0.2, 0) is 31.7 Å². The van der Waals surface area contributed by atoms with E-state index in [0.717, 1.165) is 6.07 Å². The molecule has 0 heterocycles. The van der Waals surface area contributed by atoms with Gasteiger partial charge in [-0.05, 0) is 25.3 Å². The summed E-state index contributed by atoms with van der Waals surface area (Å²) in [4.78, 5) is 15.2. The second kappa shape index (κ2) is 7.06. The molecule has 0 aromatic heterocycles. The Hall–Kier alpha value is -2.23. The fourth-order valence-corrected chi connectivity index (χ4v) is 3.68. The van der Waals surface area contributed by atoms with Gasteiger partial charge in [0.15, 0.2) is 10.0 Å². The zero-order valence-corrected chi connectivity index (χ0v) is 14.9. The van der Waals surface area contributed by atoms with Crippen LogP contribution in [-0.4, -0.2) is 32.0 Å². The fraction of sp³-hybridized carbons (Fsp3) is 0.533. The van der Waals surface area contributed by atoms with Crippen molar-refractivity contribution in [3.05, 3.63) is 45.1 Å². The molecular formula is C15H15F3N3O5S-. The molecule has 0 amide bonds. The van der Waals surface area contributed by atoms with E-state index < -0.39 is 44.7 Å². The van der Waals surface area contributed by atoms with Crippen molar-refractivity contribution in [3.8, 4) is 0 Å². The summed E-state index contributed by atoms with van der Waals surface area (Å²) in [5.41, 5.74) is -12.7. The van der Waals surface area contributed by atoms with Crippen LogP contribution in [0.5, 0.6) is 0 Å². The van der Waals surface area contributed by atoms with Crippen LogP contribution in [0.2, 0.25) is 0 Å². The summed E-state index contributed by atoms with van der Waals surface area (Å²) in [5, 5.41) is 23.1. The lowest BCUT2D eigenvalue weighted by molar-refractivity contribution is -0.481. The van der Waals surface area contributed by atoms with E-state index in [0.29, 0.717) is 0 Å². The Bertz CT molecular complexity index is 883. The number of nitrogens with zero attached hydrogens (tertiary/aromatic N) is 3. The average molecular weight is 406 g/mol. The second-order valence-corrected chi connectivity index (χ2v) is 7.44. The molecule has 0 fully saturated rings. The van der Waals surface area contributed by atoms with Crippen LogP contribution in [0.3, 0.4) is 0 Å². The first-order chi connectivity index (χ1) is 12.4. The molecule has 8 nitrogen and oxygen atoms in total. The summed E-state index contributed by atoms with van der Waals surface area (Å²) in [7, 11) is -6.31. The highest BCUT2D eigenvalue weighted by molar-refractivity contribution is 7.94. The molecule has 0 N–H and O–H groups in total. The van der Waals surface area contributed by atoms with Crippen molar-refractivity contribution in [2.75, 3.05) is 6.61 Å². The Morgan fingerprint density at radius 3 is 2.59 bits per heavy atom. The van der Waals surface area contributed by atoms with Crippen molar-refractivity contribution in [2.24, 2.45) is 0 Å². The minimum absolute atomic E-state index is 0.0471. The highest BCUT2D eigenvalue weighted by Gasteiger charge is 2.62. The van der Waals surface area contributed by atoms with Crippen molar-refractivity contribution >= 4 is 16.0 Å². The van der Waals surface area contributed by atoms with Crippen LogP contribution in [0.4, 0.5) is 13.2 Å². The Morgan fingerprint density at radius 2 is 2.04 bits per heavy atom. The van der Waals surface area contributed by atoms with Crippen LogP contribution in [0.15, 0.2) is 24.3 Å². The molecule has 0 bridgehead atoms. The third-order valence-electron chi connectivity index (χ3n) is 4.25. The molecule has 0 saturated carbocycles. The highest BCUT2D eigenvalue weighted by Crippen LogP contribution is 2.49. The maximum Gasteiger partial charge on any atom is 0.480 e. The van der Waals surface area contributed by atoms with Crippen LogP contribution in [0.25, 0.3) is 9.70 Å². The summed E-state index contributed by atoms with van der Waals surface area (Å²) in [5.74, 6) is -1.46. The number of alkyl halides is 3. The smallest absolute Gasteiger partial charge is 0.480 e. The van der Waals surface area contributed by atoms with E-state index in [1.54, 1.807) is 0 Å². The predicted molar refractivity (Wildman–Crippen MR) is 83.8 cm³/mol. The van der Waals surface area contributed by atoms with Gasteiger partial charge in [0.05, 0.1) is 6.61 Å². The Kier molecular flexibility index (Phi) is 5.51. The van der Waals surface area contributed by atoms with E-state index in [-0.39, 0.29) is 25.0 Å². The number of rotatable bonds is 4. The molecule has 27 heavy (non-hydrogen) atoms. The standard InChI is InChI=1S/C15H15F3N3O5S/c1-2-26-12(22)13(20-19)9-5-7-10-6-3-4-8-11(10)14(13,23)21-27(24,25)15(16,17)18/h3-4,6,8H,2,5,7,9H2,1H3/q-1. The van der Waals surface area contributed by atoms with Gasteiger partial charge in [0.2, 0.25) is 5.39 Å². The average Bonchev–Trinajstić information content (AvgIpc) is 2.69. The van der Waals surface area contributed by atoms with Gasteiger partial charge in [0.1, 0.15) is 4.98 Å². The number of hydrogen-bond donors (Lipinski definition) is 0. The van der Waals surface area contributed by atoms with Crippen LogP contribution >= 0.6 is 0 Å². The van der Waals surface area contributed by atoms with Crippen LogP contribution in [0.1, 0.15) is 30.9 Å². The van der Waals surface area contributed by atoms with Gasteiger partial charge in [0, 0.05) is 6.42 Å². The summed E-state index contributed by atoms with van der Waals surface area (Å²) < 4.78 is 69.3. The molecule has 1 aliphatic carbocycles. The van der Waals surface area contributed by atoms with Crippen molar-refractivity contribution in [3.63, 3.8) is 0 Å². The minimum Gasteiger partial charge on any atom is -0.856 e. The largest absolute Gasteiger partial charge is 0.856 e. The van der Waals surface area contributed by atoms with Crippen molar-refractivity contribution in [1.29, 1.82) is 5.39 Å². The van der Waals surface area contributed by atoms with Crippen LogP contribution in [0, 0.1) is 5.39 Å². The van der Waals surface area contributed by atoms with Crippen LogP contribution < -0.4 is 5.11 Å². The SMILES string of the molecule is CCOC(=O)C1([N+]#N)CCCc2ccccc2C1([O-])[N-]S(=O)(=O)C(F)(F)F. The number of ether oxygens (including phenoxy) is 1. The van der Waals surface area contributed by atoms with Gasteiger partial charge >= 0.3 is 17.0 Å². The van der Waals surface area contributed by atoms with E-state index in [1.165, 1.54) is 25.1 Å². The number of carbonyl (C=O) groups excluding carboxylic acids is 1. The van der Waals surface area contributed by atoms with E-state index in [1.807, 2.05) is 0 Å². The first-order valence-corrected chi connectivity index (χ1v) is 9.27. The summed E-state index contributed by atoms with van der Waals surface area (Å²) in [6, 6.07) is 5.23. The maximum atomic E-state index is 13.6. The lowest BCUT2D eigenvalue weighted by atomic mass is 9.80. The quantitative estimate of drug-likeness (QED) is 0.427. The number of halogens is 3. The maximum absolute atomic E-state index is 13.6.